The third-order valence-corrected chi connectivity index (χ3v) is 4.42. The highest BCUT2D eigenvalue weighted by Crippen LogP contribution is 2.23. The van der Waals surface area contributed by atoms with Crippen LogP contribution in [0.5, 0.6) is 0 Å². The van der Waals surface area contributed by atoms with Gasteiger partial charge < -0.3 is 9.88 Å². The molecule has 0 aliphatic heterocycles. The van der Waals surface area contributed by atoms with Crippen LogP contribution >= 0.6 is 15.9 Å². The van der Waals surface area contributed by atoms with E-state index in [0.717, 1.165) is 42.0 Å². The molecule has 2 aromatic rings. The minimum atomic E-state index is 0.788. The van der Waals surface area contributed by atoms with Crippen LogP contribution in [0.3, 0.4) is 0 Å². The van der Waals surface area contributed by atoms with Gasteiger partial charge in [-0.25, -0.2) is 4.98 Å². The van der Waals surface area contributed by atoms with E-state index in [1.54, 1.807) is 0 Å². The van der Waals surface area contributed by atoms with Gasteiger partial charge in [-0.2, -0.15) is 5.10 Å². The molecule has 0 aliphatic carbocycles. The molecule has 20 heavy (non-hydrogen) atoms. The van der Waals surface area contributed by atoms with Gasteiger partial charge in [0.2, 0.25) is 0 Å². The maximum atomic E-state index is 4.55. The van der Waals surface area contributed by atoms with Gasteiger partial charge in [-0.1, -0.05) is 13.8 Å². The Morgan fingerprint density at radius 1 is 1.35 bits per heavy atom. The van der Waals surface area contributed by atoms with Crippen molar-refractivity contribution in [1.29, 1.82) is 0 Å². The predicted molar refractivity (Wildman–Crippen MR) is 83.7 cm³/mol. The molecule has 0 saturated heterocycles. The van der Waals surface area contributed by atoms with Crippen LogP contribution in [0.15, 0.2) is 10.7 Å². The summed E-state index contributed by atoms with van der Waals surface area (Å²) >= 11 is 3.68. The monoisotopic (exact) mass is 339 g/mol. The van der Waals surface area contributed by atoms with Crippen molar-refractivity contribution < 1.29 is 0 Å². The number of halogens is 1. The normalized spacial score (nSPS) is 11.2. The van der Waals surface area contributed by atoms with Crippen molar-refractivity contribution in [3.05, 3.63) is 33.6 Å². The molecule has 5 nitrogen and oxygen atoms in total. The summed E-state index contributed by atoms with van der Waals surface area (Å²) in [6.07, 6.45) is 2.88. The Morgan fingerprint density at radius 2 is 2.10 bits per heavy atom. The maximum absolute atomic E-state index is 4.55. The first-order valence-electron chi connectivity index (χ1n) is 7.00. The highest BCUT2D eigenvalue weighted by Gasteiger charge is 2.15. The fraction of sp³-hybridized carbons (Fsp3) is 0.571. The van der Waals surface area contributed by atoms with Crippen molar-refractivity contribution in [3.8, 4) is 0 Å². The van der Waals surface area contributed by atoms with Gasteiger partial charge in [0.25, 0.3) is 0 Å². The Bertz CT molecular complexity index is 585. The molecule has 0 aromatic carbocycles. The van der Waals surface area contributed by atoms with Crippen LogP contribution in [0.1, 0.15) is 36.8 Å². The third kappa shape index (κ3) is 2.96. The first kappa shape index (κ1) is 15.3. The van der Waals surface area contributed by atoms with Gasteiger partial charge in [-0.05, 0) is 35.8 Å². The number of aryl methyl sites for hydroxylation is 3. The average molecular weight is 340 g/mol. The molecule has 0 radical (unpaired) electrons. The molecule has 2 aromatic heterocycles. The summed E-state index contributed by atoms with van der Waals surface area (Å²) in [4.78, 5) is 4.43. The second-order valence-electron chi connectivity index (χ2n) is 4.85. The number of hydrogen-bond acceptors (Lipinski definition) is 3. The summed E-state index contributed by atoms with van der Waals surface area (Å²) in [7, 11) is 2.00. The highest BCUT2D eigenvalue weighted by atomic mass is 79.9. The molecule has 0 spiro atoms. The second kappa shape index (κ2) is 6.54. The summed E-state index contributed by atoms with van der Waals surface area (Å²) in [5.41, 5.74) is 3.49. The van der Waals surface area contributed by atoms with E-state index in [-0.39, 0.29) is 0 Å². The summed E-state index contributed by atoms with van der Waals surface area (Å²) < 4.78 is 5.31. The molecule has 0 fully saturated rings. The molecule has 0 atom stereocenters. The number of nitrogens with one attached hydrogen (secondary N) is 1. The van der Waals surface area contributed by atoms with E-state index in [2.05, 4.69) is 49.7 Å². The Kier molecular flexibility index (Phi) is 4.99. The zero-order valence-corrected chi connectivity index (χ0v) is 14.2. The largest absolute Gasteiger partial charge is 0.325 e. The van der Waals surface area contributed by atoms with Gasteiger partial charge in [0.15, 0.2) is 0 Å². The van der Waals surface area contributed by atoms with Gasteiger partial charge >= 0.3 is 0 Å². The van der Waals surface area contributed by atoms with E-state index in [4.69, 9.17) is 0 Å². The fourth-order valence-electron chi connectivity index (χ4n) is 2.27. The topological polar surface area (TPSA) is 47.7 Å². The van der Waals surface area contributed by atoms with E-state index in [0.29, 0.717) is 0 Å². The Labute approximate surface area is 128 Å². The summed E-state index contributed by atoms with van der Waals surface area (Å²) in [6, 6.07) is 0. The lowest BCUT2D eigenvalue weighted by Crippen LogP contribution is -2.17. The van der Waals surface area contributed by atoms with E-state index in [1.165, 1.54) is 11.4 Å². The van der Waals surface area contributed by atoms with Gasteiger partial charge in [0, 0.05) is 19.8 Å². The Morgan fingerprint density at radius 3 is 2.70 bits per heavy atom. The number of nitrogens with zero attached hydrogens (tertiary/aromatic N) is 4. The smallest absolute Gasteiger partial charge is 0.106 e. The van der Waals surface area contributed by atoms with Crippen LogP contribution in [-0.2, 0) is 26.6 Å². The first-order chi connectivity index (χ1) is 9.58. The number of rotatable bonds is 6. The van der Waals surface area contributed by atoms with E-state index in [1.807, 2.05) is 24.9 Å². The van der Waals surface area contributed by atoms with E-state index in [9.17, 15) is 0 Å². The van der Waals surface area contributed by atoms with Crippen molar-refractivity contribution in [2.24, 2.45) is 7.05 Å². The molecule has 0 saturated carbocycles. The SMILES string of the molecule is CCNCc1cnc(C)n1Cc1c(Br)c(CC)nn1C. The van der Waals surface area contributed by atoms with Crippen molar-refractivity contribution in [1.82, 2.24) is 24.6 Å². The van der Waals surface area contributed by atoms with Gasteiger partial charge in [0.05, 0.1) is 28.1 Å². The van der Waals surface area contributed by atoms with Crippen LogP contribution in [-0.4, -0.2) is 25.9 Å². The van der Waals surface area contributed by atoms with Crippen LogP contribution in [0.4, 0.5) is 0 Å². The number of aromatic nitrogens is 4. The fourth-order valence-corrected chi connectivity index (χ4v) is 3.01. The van der Waals surface area contributed by atoms with Crippen molar-refractivity contribution in [2.45, 2.75) is 40.3 Å². The third-order valence-electron chi connectivity index (χ3n) is 3.50. The minimum Gasteiger partial charge on any atom is -0.325 e. The van der Waals surface area contributed by atoms with Crippen molar-refractivity contribution in [3.63, 3.8) is 0 Å². The summed E-state index contributed by atoms with van der Waals surface area (Å²) in [5, 5.41) is 7.91. The highest BCUT2D eigenvalue weighted by molar-refractivity contribution is 9.10. The second-order valence-corrected chi connectivity index (χ2v) is 5.64. The molecule has 110 valence electrons. The minimum absolute atomic E-state index is 0.788. The summed E-state index contributed by atoms with van der Waals surface area (Å²) in [5.74, 6) is 1.03. The van der Waals surface area contributed by atoms with Crippen LogP contribution < -0.4 is 5.32 Å². The lowest BCUT2D eigenvalue weighted by atomic mass is 10.3. The molecule has 0 amide bonds. The van der Waals surface area contributed by atoms with Crippen LogP contribution in [0, 0.1) is 6.92 Å². The molecule has 1 N–H and O–H groups in total. The number of imidazole rings is 1. The molecule has 0 bridgehead atoms. The Hall–Kier alpha value is -1.14. The average Bonchev–Trinajstić information content (AvgIpc) is 2.91. The molecule has 0 unspecified atom stereocenters. The van der Waals surface area contributed by atoms with Gasteiger partial charge in [-0.15, -0.1) is 0 Å². The van der Waals surface area contributed by atoms with Gasteiger partial charge in [-0.3, -0.25) is 4.68 Å². The lowest BCUT2D eigenvalue weighted by Gasteiger charge is -2.11. The molecular formula is C14H22BrN5. The zero-order chi connectivity index (χ0) is 14.7. The first-order valence-corrected chi connectivity index (χ1v) is 7.79. The standard InChI is InChI=1S/C14H22BrN5/c1-5-12-14(15)13(19(4)18-12)9-20-10(3)17-8-11(20)7-16-6-2/h8,16H,5-7,9H2,1-4H3. The molecular weight excluding hydrogens is 318 g/mol. The molecule has 2 rings (SSSR count). The zero-order valence-electron chi connectivity index (χ0n) is 12.6. The number of hydrogen-bond donors (Lipinski definition) is 1. The van der Waals surface area contributed by atoms with Crippen molar-refractivity contribution >= 4 is 15.9 Å². The maximum Gasteiger partial charge on any atom is 0.106 e. The van der Waals surface area contributed by atoms with E-state index < -0.39 is 0 Å². The molecule has 6 heteroatoms. The predicted octanol–water partition coefficient (Wildman–Crippen LogP) is 2.41. The lowest BCUT2D eigenvalue weighted by molar-refractivity contribution is 0.610. The summed E-state index contributed by atoms with van der Waals surface area (Å²) in [6.45, 7) is 8.86. The molecule has 2 heterocycles. The Balaban J connectivity index is 2.30. The van der Waals surface area contributed by atoms with Gasteiger partial charge in [0.1, 0.15) is 5.82 Å². The van der Waals surface area contributed by atoms with Crippen LogP contribution in [0.2, 0.25) is 0 Å². The van der Waals surface area contributed by atoms with E-state index >= 15 is 0 Å². The molecule has 0 aliphatic rings. The van der Waals surface area contributed by atoms with Crippen molar-refractivity contribution in [2.75, 3.05) is 6.54 Å². The quantitative estimate of drug-likeness (QED) is 0.879. The van der Waals surface area contributed by atoms with Crippen LogP contribution in [0.25, 0.3) is 0 Å².